The summed E-state index contributed by atoms with van der Waals surface area (Å²) in [5, 5.41) is 12.3. The van der Waals surface area contributed by atoms with Gasteiger partial charge in [-0.05, 0) is 32.4 Å². The van der Waals surface area contributed by atoms with E-state index < -0.39 is 0 Å². The molecular weight excluding hydrogens is 242 g/mol. The molecular formula is C14H23N3O2. The lowest BCUT2D eigenvalue weighted by molar-refractivity contribution is -0.133. The van der Waals surface area contributed by atoms with Crippen LogP contribution in [0, 0.1) is 18.3 Å². The van der Waals surface area contributed by atoms with Crippen LogP contribution in [0.2, 0.25) is 0 Å². The molecule has 106 valence electrons. The largest absolute Gasteiger partial charge is 0.352 e. The van der Waals surface area contributed by atoms with Gasteiger partial charge in [-0.25, -0.2) is 0 Å². The molecule has 0 unspecified atom stereocenters. The fourth-order valence-corrected chi connectivity index (χ4v) is 1.91. The zero-order chi connectivity index (χ0) is 14.3. The highest BCUT2D eigenvalue weighted by Gasteiger charge is 2.10. The van der Waals surface area contributed by atoms with Gasteiger partial charge in [0, 0.05) is 39.0 Å². The molecule has 0 aliphatic heterocycles. The van der Waals surface area contributed by atoms with Gasteiger partial charge in [0.2, 0.25) is 0 Å². The molecule has 0 amide bonds. The van der Waals surface area contributed by atoms with E-state index in [1.807, 2.05) is 38.5 Å². The summed E-state index contributed by atoms with van der Waals surface area (Å²) in [6.07, 6.45) is -0.213. The Labute approximate surface area is 115 Å². The lowest BCUT2D eigenvalue weighted by Gasteiger charge is -2.17. The maximum atomic E-state index is 8.98. The Bertz CT molecular complexity index is 429. The number of ether oxygens (including phenoxy) is 2. The van der Waals surface area contributed by atoms with E-state index >= 15 is 0 Å². The Hall–Kier alpha value is -1.35. The third kappa shape index (κ3) is 4.35. The van der Waals surface area contributed by atoms with Crippen molar-refractivity contribution >= 4 is 0 Å². The van der Waals surface area contributed by atoms with Gasteiger partial charge in [0.15, 0.2) is 6.29 Å². The number of rotatable bonds is 8. The minimum atomic E-state index is -0.213. The number of nitrogens with zero attached hydrogens (tertiary/aromatic N) is 2. The maximum Gasteiger partial charge on any atom is 0.169 e. The normalized spacial score (nSPS) is 10.9. The first-order valence-electron chi connectivity index (χ1n) is 6.63. The van der Waals surface area contributed by atoms with Gasteiger partial charge in [-0.15, -0.1) is 0 Å². The molecule has 0 saturated carbocycles. The van der Waals surface area contributed by atoms with Gasteiger partial charge in [0.1, 0.15) is 11.8 Å². The summed E-state index contributed by atoms with van der Waals surface area (Å²) < 4.78 is 12.8. The van der Waals surface area contributed by atoms with Crippen LogP contribution in [0.1, 0.15) is 30.8 Å². The lowest BCUT2D eigenvalue weighted by Crippen LogP contribution is -2.31. The zero-order valence-corrected chi connectivity index (χ0v) is 12.2. The summed E-state index contributed by atoms with van der Waals surface area (Å²) in [5.74, 6) is 0. The Kier molecular flexibility index (Phi) is 6.57. The summed E-state index contributed by atoms with van der Waals surface area (Å²) >= 11 is 0. The van der Waals surface area contributed by atoms with E-state index in [2.05, 4.69) is 11.4 Å². The smallest absolute Gasteiger partial charge is 0.169 e. The Morgan fingerprint density at radius 1 is 1.37 bits per heavy atom. The quantitative estimate of drug-likeness (QED) is 0.727. The molecule has 5 heteroatoms. The number of hydrogen-bond acceptors (Lipinski definition) is 4. The summed E-state index contributed by atoms with van der Waals surface area (Å²) in [5.41, 5.74) is 2.92. The number of nitrogens with one attached hydrogen (secondary N) is 1. The summed E-state index contributed by atoms with van der Waals surface area (Å²) in [7, 11) is 1.90. The van der Waals surface area contributed by atoms with Crippen LogP contribution in [0.15, 0.2) is 6.07 Å². The molecule has 0 saturated heterocycles. The van der Waals surface area contributed by atoms with Crippen molar-refractivity contribution in [1.82, 2.24) is 9.88 Å². The summed E-state index contributed by atoms with van der Waals surface area (Å²) in [4.78, 5) is 0. The highest BCUT2D eigenvalue weighted by atomic mass is 16.7. The van der Waals surface area contributed by atoms with Crippen LogP contribution in [0.25, 0.3) is 0 Å². The van der Waals surface area contributed by atoms with Crippen LogP contribution in [-0.2, 0) is 23.1 Å². The van der Waals surface area contributed by atoms with Gasteiger partial charge in [0.05, 0.1) is 0 Å². The summed E-state index contributed by atoms with van der Waals surface area (Å²) in [6.45, 7) is 8.53. The molecule has 1 heterocycles. The van der Waals surface area contributed by atoms with Crippen LogP contribution >= 0.6 is 0 Å². The van der Waals surface area contributed by atoms with E-state index in [9.17, 15) is 0 Å². The molecule has 0 bridgehead atoms. The number of aromatic nitrogens is 1. The van der Waals surface area contributed by atoms with Crippen molar-refractivity contribution in [2.75, 3.05) is 19.8 Å². The van der Waals surface area contributed by atoms with Crippen LogP contribution in [0.3, 0.4) is 0 Å². The van der Waals surface area contributed by atoms with E-state index in [4.69, 9.17) is 14.7 Å². The first-order valence-corrected chi connectivity index (χ1v) is 6.63. The van der Waals surface area contributed by atoms with Crippen molar-refractivity contribution in [2.45, 2.75) is 33.6 Å². The van der Waals surface area contributed by atoms with Crippen LogP contribution in [0.4, 0.5) is 0 Å². The minimum Gasteiger partial charge on any atom is -0.352 e. The van der Waals surface area contributed by atoms with Crippen molar-refractivity contribution < 1.29 is 9.47 Å². The van der Waals surface area contributed by atoms with Gasteiger partial charge in [-0.3, -0.25) is 0 Å². The van der Waals surface area contributed by atoms with Crippen LogP contribution < -0.4 is 5.32 Å². The molecule has 0 atom stereocenters. The average molecular weight is 265 g/mol. The lowest BCUT2D eigenvalue weighted by atomic mass is 10.2. The Morgan fingerprint density at radius 3 is 2.47 bits per heavy atom. The van der Waals surface area contributed by atoms with E-state index in [1.165, 1.54) is 0 Å². The molecule has 0 aromatic carbocycles. The van der Waals surface area contributed by atoms with Gasteiger partial charge in [0.25, 0.3) is 0 Å². The fourth-order valence-electron chi connectivity index (χ4n) is 1.91. The molecule has 5 nitrogen and oxygen atoms in total. The molecule has 19 heavy (non-hydrogen) atoms. The standard InChI is InChI=1S/C14H23N3O2/c1-5-18-14(19-6-2)10-16-9-12-7-13(8-15)17(4)11(12)3/h7,14,16H,5-6,9-10H2,1-4H3. The highest BCUT2D eigenvalue weighted by Crippen LogP contribution is 2.12. The van der Waals surface area contributed by atoms with E-state index in [1.54, 1.807) is 0 Å². The minimum absolute atomic E-state index is 0.213. The SMILES string of the molecule is CCOC(CNCc1cc(C#N)n(C)c1C)OCC. The predicted octanol–water partition coefficient (Wildman–Crippen LogP) is 1.69. The van der Waals surface area contributed by atoms with E-state index in [0.29, 0.717) is 32.0 Å². The van der Waals surface area contributed by atoms with Crippen molar-refractivity contribution in [3.8, 4) is 6.07 Å². The Morgan fingerprint density at radius 2 is 2.00 bits per heavy atom. The van der Waals surface area contributed by atoms with E-state index in [-0.39, 0.29) is 6.29 Å². The summed E-state index contributed by atoms with van der Waals surface area (Å²) in [6, 6.07) is 4.10. The van der Waals surface area contributed by atoms with Crippen LogP contribution in [0.5, 0.6) is 0 Å². The second kappa shape index (κ2) is 7.95. The van der Waals surface area contributed by atoms with Crippen molar-refractivity contribution in [1.29, 1.82) is 5.26 Å². The average Bonchev–Trinajstić information content (AvgIpc) is 2.67. The van der Waals surface area contributed by atoms with Gasteiger partial charge < -0.3 is 19.4 Å². The third-order valence-corrected chi connectivity index (χ3v) is 3.09. The molecule has 1 N–H and O–H groups in total. The topological polar surface area (TPSA) is 59.2 Å². The molecule has 0 aliphatic carbocycles. The van der Waals surface area contributed by atoms with Crippen molar-refractivity contribution in [3.63, 3.8) is 0 Å². The van der Waals surface area contributed by atoms with Gasteiger partial charge >= 0.3 is 0 Å². The predicted molar refractivity (Wildman–Crippen MR) is 73.6 cm³/mol. The highest BCUT2D eigenvalue weighted by molar-refractivity contribution is 5.33. The molecule has 0 fully saturated rings. The van der Waals surface area contributed by atoms with E-state index in [0.717, 1.165) is 11.3 Å². The zero-order valence-electron chi connectivity index (χ0n) is 12.2. The van der Waals surface area contributed by atoms with Crippen molar-refractivity contribution in [2.24, 2.45) is 7.05 Å². The first-order chi connectivity index (χ1) is 9.13. The Balaban J connectivity index is 2.50. The fraction of sp³-hybridized carbons (Fsp3) is 0.643. The molecule has 0 aliphatic rings. The second-order valence-corrected chi connectivity index (χ2v) is 4.28. The molecule has 0 spiro atoms. The molecule has 1 aromatic heterocycles. The van der Waals surface area contributed by atoms with Gasteiger partial charge in [-0.2, -0.15) is 5.26 Å². The van der Waals surface area contributed by atoms with Crippen LogP contribution in [-0.4, -0.2) is 30.6 Å². The molecule has 0 radical (unpaired) electrons. The molecule has 1 rings (SSSR count). The number of nitriles is 1. The van der Waals surface area contributed by atoms with Crippen molar-refractivity contribution in [3.05, 3.63) is 23.0 Å². The second-order valence-electron chi connectivity index (χ2n) is 4.28. The molecule has 1 aromatic rings. The monoisotopic (exact) mass is 265 g/mol. The number of hydrogen-bond donors (Lipinski definition) is 1. The maximum absolute atomic E-state index is 8.98. The van der Waals surface area contributed by atoms with Gasteiger partial charge in [-0.1, -0.05) is 0 Å². The third-order valence-electron chi connectivity index (χ3n) is 3.09. The first kappa shape index (κ1) is 15.7.